The minimum Gasteiger partial charge on any atom is -0.350 e. The second-order valence-electron chi connectivity index (χ2n) is 8.81. The predicted molar refractivity (Wildman–Crippen MR) is 122 cm³/mol. The van der Waals surface area contributed by atoms with Gasteiger partial charge in [0, 0.05) is 6.54 Å². The molecule has 0 radical (unpaired) electrons. The molecule has 1 unspecified atom stereocenters. The average molecular weight is 413 g/mol. The molecule has 2 aliphatic rings. The van der Waals surface area contributed by atoms with Crippen LogP contribution in [0.5, 0.6) is 0 Å². The first-order chi connectivity index (χ1) is 15.2. The lowest BCUT2D eigenvalue weighted by atomic mass is 9.75. The van der Waals surface area contributed by atoms with Crippen LogP contribution in [0.3, 0.4) is 0 Å². The Balaban J connectivity index is 1.41. The third kappa shape index (κ3) is 3.50. The van der Waals surface area contributed by atoms with Crippen LogP contribution in [0.25, 0.3) is 10.8 Å². The molecule has 1 aliphatic heterocycles. The molecule has 0 spiro atoms. The maximum absolute atomic E-state index is 13.7. The Kier molecular flexibility index (Phi) is 5.23. The van der Waals surface area contributed by atoms with Gasteiger partial charge in [-0.25, -0.2) is 0 Å². The lowest BCUT2D eigenvalue weighted by Crippen LogP contribution is -2.66. The van der Waals surface area contributed by atoms with Crippen LogP contribution in [-0.4, -0.2) is 22.3 Å². The molecule has 5 rings (SSSR count). The van der Waals surface area contributed by atoms with Crippen molar-refractivity contribution in [3.63, 3.8) is 0 Å². The molecule has 4 heteroatoms. The zero-order valence-electron chi connectivity index (χ0n) is 17.7. The van der Waals surface area contributed by atoms with Gasteiger partial charge < -0.3 is 10.2 Å². The standard InChI is InChI=1S/C27H28N2O2/c30-25-18-24(21-11-3-1-4-12-21)29(25)27(16-7-2-8-17-27)26(31)28-19-22-14-9-13-20-10-5-6-15-23(20)22/h1,3-6,9-15,24H,2,7-8,16-19H2,(H,28,31). The van der Waals surface area contributed by atoms with E-state index >= 15 is 0 Å². The fourth-order valence-corrected chi connectivity index (χ4v) is 5.40. The van der Waals surface area contributed by atoms with E-state index in [-0.39, 0.29) is 17.9 Å². The maximum Gasteiger partial charge on any atom is 0.246 e. The van der Waals surface area contributed by atoms with Gasteiger partial charge in [0.25, 0.3) is 0 Å². The van der Waals surface area contributed by atoms with Crippen molar-refractivity contribution in [1.82, 2.24) is 10.2 Å². The van der Waals surface area contributed by atoms with Gasteiger partial charge in [0.15, 0.2) is 0 Å². The Morgan fingerprint density at radius 3 is 2.39 bits per heavy atom. The molecule has 1 N–H and O–H groups in total. The Morgan fingerprint density at radius 1 is 0.903 bits per heavy atom. The first-order valence-corrected chi connectivity index (χ1v) is 11.3. The molecular weight excluding hydrogens is 384 g/mol. The van der Waals surface area contributed by atoms with Gasteiger partial charge in [0.05, 0.1) is 12.5 Å². The monoisotopic (exact) mass is 412 g/mol. The molecule has 3 aromatic carbocycles. The van der Waals surface area contributed by atoms with Crippen LogP contribution < -0.4 is 5.32 Å². The number of amides is 2. The zero-order valence-corrected chi connectivity index (χ0v) is 17.7. The van der Waals surface area contributed by atoms with Crippen LogP contribution >= 0.6 is 0 Å². The summed E-state index contributed by atoms with van der Waals surface area (Å²) in [7, 11) is 0. The van der Waals surface area contributed by atoms with E-state index in [2.05, 4.69) is 41.7 Å². The van der Waals surface area contributed by atoms with Crippen molar-refractivity contribution in [3.05, 3.63) is 83.9 Å². The summed E-state index contributed by atoms with van der Waals surface area (Å²) in [6, 6.07) is 24.6. The molecule has 0 bridgehead atoms. The smallest absolute Gasteiger partial charge is 0.246 e. The lowest BCUT2D eigenvalue weighted by Gasteiger charge is -2.54. The number of β-lactam (4-membered cyclic amide) rings is 1. The van der Waals surface area contributed by atoms with E-state index in [1.807, 2.05) is 41.3 Å². The number of rotatable bonds is 5. The summed E-state index contributed by atoms with van der Waals surface area (Å²) in [6.07, 6.45) is 5.05. The van der Waals surface area contributed by atoms with Gasteiger partial charge in [-0.05, 0) is 34.7 Å². The summed E-state index contributed by atoms with van der Waals surface area (Å²) in [6.45, 7) is 0.472. The number of nitrogens with zero attached hydrogens (tertiary/aromatic N) is 1. The van der Waals surface area contributed by atoms with Gasteiger partial charge in [-0.1, -0.05) is 92.1 Å². The second-order valence-corrected chi connectivity index (χ2v) is 8.81. The van der Waals surface area contributed by atoms with Crippen LogP contribution in [0.1, 0.15) is 55.7 Å². The number of carbonyl (C=O) groups excluding carboxylic acids is 2. The Bertz CT molecular complexity index is 1100. The van der Waals surface area contributed by atoms with Gasteiger partial charge in [-0.3, -0.25) is 9.59 Å². The molecule has 158 valence electrons. The van der Waals surface area contributed by atoms with E-state index in [0.717, 1.165) is 48.6 Å². The molecule has 1 aliphatic carbocycles. The highest BCUT2D eigenvalue weighted by Gasteiger charge is 2.54. The second kappa shape index (κ2) is 8.18. The molecule has 1 saturated carbocycles. The van der Waals surface area contributed by atoms with Crippen LogP contribution in [0.15, 0.2) is 72.8 Å². The zero-order chi connectivity index (χ0) is 21.3. The van der Waals surface area contributed by atoms with E-state index in [1.54, 1.807) is 0 Å². The fraction of sp³-hybridized carbons (Fsp3) is 0.333. The van der Waals surface area contributed by atoms with Crippen molar-refractivity contribution in [2.45, 2.75) is 56.7 Å². The van der Waals surface area contributed by atoms with E-state index < -0.39 is 5.54 Å². The van der Waals surface area contributed by atoms with Crippen molar-refractivity contribution < 1.29 is 9.59 Å². The van der Waals surface area contributed by atoms with Crippen molar-refractivity contribution >= 4 is 22.6 Å². The molecule has 31 heavy (non-hydrogen) atoms. The van der Waals surface area contributed by atoms with Gasteiger partial charge in [-0.2, -0.15) is 0 Å². The van der Waals surface area contributed by atoms with Crippen LogP contribution in [-0.2, 0) is 16.1 Å². The highest BCUT2D eigenvalue weighted by molar-refractivity contribution is 5.95. The van der Waals surface area contributed by atoms with Crippen molar-refractivity contribution in [2.24, 2.45) is 0 Å². The molecule has 4 nitrogen and oxygen atoms in total. The van der Waals surface area contributed by atoms with Gasteiger partial charge in [0.1, 0.15) is 5.54 Å². The summed E-state index contributed by atoms with van der Waals surface area (Å²) < 4.78 is 0. The first-order valence-electron chi connectivity index (χ1n) is 11.3. The summed E-state index contributed by atoms with van der Waals surface area (Å²) in [5.41, 5.74) is 1.49. The van der Waals surface area contributed by atoms with Crippen molar-refractivity contribution in [2.75, 3.05) is 0 Å². The van der Waals surface area contributed by atoms with Crippen molar-refractivity contribution in [3.8, 4) is 0 Å². The number of benzene rings is 3. The number of nitrogens with one attached hydrogen (secondary N) is 1. The maximum atomic E-state index is 13.7. The molecule has 3 aromatic rings. The van der Waals surface area contributed by atoms with E-state index in [0.29, 0.717) is 13.0 Å². The molecule has 1 heterocycles. The number of carbonyl (C=O) groups is 2. The molecule has 2 fully saturated rings. The normalized spacial score (nSPS) is 20.3. The van der Waals surface area contributed by atoms with Crippen LogP contribution in [0.4, 0.5) is 0 Å². The Morgan fingerprint density at radius 2 is 1.61 bits per heavy atom. The lowest BCUT2D eigenvalue weighted by molar-refractivity contribution is -0.168. The third-order valence-electron chi connectivity index (χ3n) is 7.02. The number of likely N-dealkylation sites (tertiary alicyclic amines) is 1. The number of fused-ring (bicyclic) bond motifs is 1. The Labute approximate surface area is 183 Å². The van der Waals surface area contributed by atoms with Crippen LogP contribution in [0.2, 0.25) is 0 Å². The molecular formula is C27H28N2O2. The summed E-state index contributed by atoms with van der Waals surface area (Å²) >= 11 is 0. The van der Waals surface area contributed by atoms with E-state index in [4.69, 9.17) is 0 Å². The summed E-state index contributed by atoms with van der Waals surface area (Å²) in [5, 5.41) is 5.54. The molecule has 1 atom stereocenters. The number of hydrogen-bond donors (Lipinski definition) is 1. The largest absolute Gasteiger partial charge is 0.350 e. The highest BCUT2D eigenvalue weighted by atomic mass is 16.2. The van der Waals surface area contributed by atoms with Gasteiger partial charge in [0.2, 0.25) is 11.8 Å². The fourth-order valence-electron chi connectivity index (χ4n) is 5.40. The summed E-state index contributed by atoms with van der Waals surface area (Å²) in [4.78, 5) is 28.4. The SMILES string of the molecule is O=C1CC(c2ccccc2)N1C1(C(=O)NCc2cccc3ccccc23)CCCCC1. The molecule has 1 saturated heterocycles. The van der Waals surface area contributed by atoms with E-state index in [1.165, 1.54) is 5.39 Å². The molecule has 2 amide bonds. The Hall–Kier alpha value is -3.14. The highest BCUT2D eigenvalue weighted by Crippen LogP contribution is 2.46. The molecule has 0 aromatic heterocycles. The minimum atomic E-state index is -0.737. The van der Waals surface area contributed by atoms with Gasteiger partial charge in [-0.15, -0.1) is 0 Å². The summed E-state index contributed by atoms with van der Waals surface area (Å²) in [5.74, 6) is 0.0881. The first kappa shape index (κ1) is 19.8. The number of hydrogen-bond acceptors (Lipinski definition) is 2. The van der Waals surface area contributed by atoms with Crippen molar-refractivity contribution in [1.29, 1.82) is 0 Å². The quantitative estimate of drug-likeness (QED) is 0.591. The van der Waals surface area contributed by atoms with Gasteiger partial charge >= 0.3 is 0 Å². The third-order valence-corrected chi connectivity index (χ3v) is 7.02. The minimum absolute atomic E-state index is 0.00453. The average Bonchev–Trinajstić information content (AvgIpc) is 2.82. The van der Waals surface area contributed by atoms with Crippen LogP contribution in [0, 0.1) is 0 Å². The van der Waals surface area contributed by atoms with E-state index in [9.17, 15) is 9.59 Å². The topological polar surface area (TPSA) is 49.4 Å². The predicted octanol–water partition coefficient (Wildman–Crippen LogP) is 5.13.